The highest BCUT2D eigenvalue weighted by Crippen LogP contribution is 2.26. The second-order valence-electron chi connectivity index (χ2n) is 7.84. The molecule has 0 radical (unpaired) electrons. The molecule has 3 heterocycles. The number of likely N-dealkylation sites (tertiary alicyclic amines) is 1. The molecular formula is C21H27N3O4. The Morgan fingerprint density at radius 3 is 2.75 bits per heavy atom. The highest BCUT2D eigenvalue weighted by molar-refractivity contribution is 5.81. The van der Waals surface area contributed by atoms with Crippen LogP contribution in [0.15, 0.2) is 29.1 Å². The van der Waals surface area contributed by atoms with Crippen molar-refractivity contribution in [1.82, 2.24) is 14.5 Å². The first kappa shape index (κ1) is 19.1. The van der Waals surface area contributed by atoms with Gasteiger partial charge in [-0.2, -0.15) is 0 Å². The molecule has 0 spiro atoms. The van der Waals surface area contributed by atoms with Crippen molar-refractivity contribution >= 4 is 16.8 Å². The Hall–Kier alpha value is -2.25. The van der Waals surface area contributed by atoms with Gasteiger partial charge in [-0.25, -0.2) is 4.98 Å². The van der Waals surface area contributed by atoms with E-state index in [4.69, 9.17) is 4.74 Å². The highest BCUT2D eigenvalue weighted by Gasteiger charge is 2.37. The lowest BCUT2D eigenvalue weighted by molar-refractivity contribution is -0.145. The number of fused-ring (bicyclic) bond motifs is 1. The first-order chi connectivity index (χ1) is 13.5. The number of aliphatic hydroxyl groups is 1. The van der Waals surface area contributed by atoms with Crippen LogP contribution in [-0.4, -0.2) is 56.9 Å². The summed E-state index contributed by atoms with van der Waals surface area (Å²) in [5.74, 6) is 0.702. The van der Waals surface area contributed by atoms with Gasteiger partial charge in [-0.3, -0.25) is 14.2 Å². The van der Waals surface area contributed by atoms with Crippen LogP contribution in [0.3, 0.4) is 0 Å². The van der Waals surface area contributed by atoms with Crippen LogP contribution in [0, 0.1) is 0 Å². The number of carbonyl (C=O) groups excluding carboxylic acids is 1. The summed E-state index contributed by atoms with van der Waals surface area (Å²) < 4.78 is 7.11. The zero-order valence-electron chi connectivity index (χ0n) is 16.3. The predicted molar refractivity (Wildman–Crippen MR) is 105 cm³/mol. The Balaban J connectivity index is 1.52. The molecule has 2 saturated heterocycles. The predicted octanol–water partition coefficient (Wildman–Crippen LogP) is 1.49. The number of hydrogen-bond donors (Lipinski definition) is 1. The maximum Gasteiger partial charge on any atom is 0.261 e. The highest BCUT2D eigenvalue weighted by atomic mass is 16.5. The van der Waals surface area contributed by atoms with E-state index < -0.39 is 5.60 Å². The first-order valence-electron chi connectivity index (χ1n) is 10.1. The molecule has 0 bridgehead atoms. The van der Waals surface area contributed by atoms with Crippen LogP contribution < -0.4 is 5.56 Å². The number of ether oxygens (including phenoxy) is 1. The average molecular weight is 385 g/mol. The maximum atomic E-state index is 13.0. The number of nitrogens with zero attached hydrogens (tertiary/aromatic N) is 3. The van der Waals surface area contributed by atoms with Crippen molar-refractivity contribution < 1.29 is 14.6 Å². The van der Waals surface area contributed by atoms with E-state index >= 15 is 0 Å². The SMILES string of the molecule is CCc1nc2ccccc2c(=O)n1CC1(O)CCN(C(=O)C2CCCO2)CC1. The molecule has 0 saturated carbocycles. The summed E-state index contributed by atoms with van der Waals surface area (Å²) in [5, 5.41) is 11.7. The minimum absolute atomic E-state index is 0.0262. The number of piperidine rings is 1. The van der Waals surface area contributed by atoms with Crippen LogP contribution in [0.1, 0.15) is 38.4 Å². The Bertz CT molecular complexity index is 925. The number of benzene rings is 1. The minimum Gasteiger partial charge on any atom is -0.388 e. The van der Waals surface area contributed by atoms with E-state index in [1.807, 2.05) is 25.1 Å². The second kappa shape index (κ2) is 7.64. The molecule has 150 valence electrons. The normalized spacial score (nSPS) is 21.9. The van der Waals surface area contributed by atoms with E-state index in [0.717, 1.165) is 12.8 Å². The zero-order valence-corrected chi connectivity index (χ0v) is 16.3. The van der Waals surface area contributed by atoms with Gasteiger partial charge in [0.05, 0.1) is 23.0 Å². The standard InChI is InChI=1S/C21H27N3O4/c1-2-18-22-16-7-4-3-6-15(16)19(25)24(18)14-21(27)9-11-23(12-10-21)20(26)17-8-5-13-28-17/h3-4,6-7,17,27H,2,5,8-14H2,1H3. The summed E-state index contributed by atoms with van der Waals surface area (Å²) in [5.41, 5.74) is -0.455. The van der Waals surface area contributed by atoms with Gasteiger partial charge < -0.3 is 14.7 Å². The summed E-state index contributed by atoms with van der Waals surface area (Å²) in [6, 6.07) is 7.30. The Labute approximate surface area is 163 Å². The van der Waals surface area contributed by atoms with Crippen LogP contribution in [0.2, 0.25) is 0 Å². The number of aromatic nitrogens is 2. The van der Waals surface area contributed by atoms with Gasteiger partial charge in [0.25, 0.3) is 11.5 Å². The fourth-order valence-electron chi connectivity index (χ4n) is 4.22. The monoisotopic (exact) mass is 385 g/mol. The quantitative estimate of drug-likeness (QED) is 0.862. The number of rotatable bonds is 4. The van der Waals surface area contributed by atoms with Crippen molar-refractivity contribution in [1.29, 1.82) is 0 Å². The van der Waals surface area contributed by atoms with Gasteiger partial charge in [-0.1, -0.05) is 19.1 Å². The molecule has 2 aliphatic heterocycles. The topological polar surface area (TPSA) is 84.7 Å². The van der Waals surface area contributed by atoms with Crippen molar-refractivity contribution in [2.75, 3.05) is 19.7 Å². The van der Waals surface area contributed by atoms with Crippen LogP contribution >= 0.6 is 0 Å². The molecular weight excluding hydrogens is 358 g/mol. The third-order valence-corrected chi connectivity index (χ3v) is 5.92. The first-order valence-corrected chi connectivity index (χ1v) is 10.1. The van der Waals surface area contributed by atoms with Crippen molar-refractivity contribution in [3.63, 3.8) is 0 Å². The molecule has 1 unspecified atom stereocenters. The Morgan fingerprint density at radius 1 is 1.32 bits per heavy atom. The van der Waals surface area contributed by atoms with Gasteiger partial charge in [-0.05, 0) is 37.8 Å². The molecule has 7 nitrogen and oxygen atoms in total. The van der Waals surface area contributed by atoms with E-state index in [1.54, 1.807) is 15.5 Å². The third-order valence-electron chi connectivity index (χ3n) is 5.92. The molecule has 1 aromatic heterocycles. The fourth-order valence-corrected chi connectivity index (χ4v) is 4.22. The van der Waals surface area contributed by atoms with Crippen LogP contribution in [0.25, 0.3) is 10.9 Å². The third kappa shape index (κ3) is 3.56. The molecule has 1 amide bonds. The Kier molecular flexibility index (Phi) is 5.21. The van der Waals surface area contributed by atoms with E-state index in [1.165, 1.54) is 0 Å². The molecule has 2 aliphatic rings. The van der Waals surface area contributed by atoms with Crippen LogP contribution in [-0.2, 0) is 22.5 Å². The van der Waals surface area contributed by atoms with Crippen LogP contribution in [0.5, 0.6) is 0 Å². The van der Waals surface area contributed by atoms with Gasteiger partial charge in [0.2, 0.25) is 0 Å². The van der Waals surface area contributed by atoms with E-state index in [2.05, 4.69) is 4.98 Å². The summed E-state index contributed by atoms with van der Waals surface area (Å²) >= 11 is 0. The van der Waals surface area contributed by atoms with E-state index in [-0.39, 0.29) is 24.1 Å². The number of hydrogen-bond acceptors (Lipinski definition) is 5. The average Bonchev–Trinajstić information content (AvgIpc) is 3.25. The smallest absolute Gasteiger partial charge is 0.261 e. The van der Waals surface area contributed by atoms with Crippen LogP contribution in [0.4, 0.5) is 0 Å². The lowest BCUT2D eigenvalue weighted by Crippen LogP contribution is -2.52. The summed E-state index contributed by atoms with van der Waals surface area (Å²) in [6.45, 7) is 3.76. The maximum absolute atomic E-state index is 13.0. The van der Waals surface area contributed by atoms with Gasteiger partial charge in [0.1, 0.15) is 11.9 Å². The van der Waals surface area contributed by atoms with E-state index in [0.29, 0.717) is 55.7 Å². The van der Waals surface area contributed by atoms with Gasteiger partial charge in [-0.15, -0.1) is 0 Å². The largest absolute Gasteiger partial charge is 0.388 e. The van der Waals surface area contributed by atoms with Gasteiger partial charge in [0, 0.05) is 26.1 Å². The molecule has 1 atom stereocenters. The summed E-state index contributed by atoms with van der Waals surface area (Å²) in [7, 11) is 0. The summed E-state index contributed by atoms with van der Waals surface area (Å²) in [6.07, 6.45) is 2.86. The summed E-state index contributed by atoms with van der Waals surface area (Å²) in [4.78, 5) is 31.9. The lowest BCUT2D eigenvalue weighted by atomic mass is 9.90. The fraction of sp³-hybridized carbons (Fsp3) is 0.571. The molecule has 2 aromatic rings. The molecule has 4 rings (SSSR count). The molecule has 2 fully saturated rings. The van der Waals surface area contributed by atoms with E-state index in [9.17, 15) is 14.7 Å². The van der Waals surface area contributed by atoms with Crippen molar-refractivity contribution in [3.05, 3.63) is 40.4 Å². The molecule has 1 aromatic carbocycles. The van der Waals surface area contributed by atoms with Crippen molar-refractivity contribution in [2.24, 2.45) is 0 Å². The zero-order chi connectivity index (χ0) is 19.7. The second-order valence-corrected chi connectivity index (χ2v) is 7.84. The molecule has 1 N–H and O–H groups in total. The molecule has 0 aliphatic carbocycles. The van der Waals surface area contributed by atoms with Gasteiger partial charge >= 0.3 is 0 Å². The molecule has 28 heavy (non-hydrogen) atoms. The van der Waals surface area contributed by atoms with Crippen molar-refractivity contribution in [2.45, 2.75) is 57.3 Å². The lowest BCUT2D eigenvalue weighted by Gasteiger charge is -2.39. The molecule has 7 heteroatoms. The van der Waals surface area contributed by atoms with Crippen molar-refractivity contribution in [3.8, 4) is 0 Å². The van der Waals surface area contributed by atoms with Gasteiger partial charge in [0.15, 0.2) is 0 Å². The number of aryl methyl sites for hydroxylation is 1. The Morgan fingerprint density at radius 2 is 2.07 bits per heavy atom. The number of para-hydroxylation sites is 1. The minimum atomic E-state index is -1.02. The number of amides is 1. The number of carbonyl (C=O) groups is 1.